The predicted octanol–water partition coefficient (Wildman–Crippen LogP) is 2.52. The number of benzene rings is 1. The van der Waals surface area contributed by atoms with Gasteiger partial charge in [-0.1, -0.05) is 6.07 Å². The number of ether oxygens (including phenoxy) is 2. The summed E-state index contributed by atoms with van der Waals surface area (Å²) in [7, 11) is 1.69. The van der Waals surface area contributed by atoms with Gasteiger partial charge in [-0.3, -0.25) is 0 Å². The average molecular weight is 235 g/mol. The van der Waals surface area contributed by atoms with Crippen LogP contribution in [0.25, 0.3) is 0 Å². The van der Waals surface area contributed by atoms with Gasteiger partial charge in [0.25, 0.3) is 0 Å². The van der Waals surface area contributed by atoms with Crippen molar-refractivity contribution in [2.75, 3.05) is 20.2 Å². The second kappa shape index (κ2) is 5.92. The van der Waals surface area contributed by atoms with E-state index >= 15 is 0 Å². The minimum absolute atomic E-state index is 0.307. The zero-order valence-corrected chi connectivity index (χ0v) is 10.7. The van der Waals surface area contributed by atoms with Crippen LogP contribution in [0.1, 0.15) is 24.8 Å². The lowest BCUT2D eigenvalue weighted by atomic mass is 10.1. The van der Waals surface area contributed by atoms with E-state index in [1.807, 2.05) is 12.1 Å². The molecule has 1 aliphatic heterocycles. The highest BCUT2D eigenvalue weighted by Crippen LogP contribution is 2.29. The number of hydrogen-bond acceptors (Lipinski definition) is 3. The molecule has 0 spiro atoms. The van der Waals surface area contributed by atoms with Crippen LogP contribution in [0.4, 0.5) is 0 Å². The van der Waals surface area contributed by atoms with Crippen molar-refractivity contribution in [3.8, 4) is 11.5 Å². The topological polar surface area (TPSA) is 30.5 Å². The molecule has 1 aromatic rings. The fourth-order valence-corrected chi connectivity index (χ4v) is 2.16. The van der Waals surface area contributed by atoms with Crippen LogP contribution in [0, 0.1) is 6.92 Å². The third kappa shape index (κ3) is 3.37. The Labute approximate surface area is 103 Å². The molecule has 1 heterocycles. The molecule has 2 rings (SSSR count). The average Bonchev–Trinajstić information content (AvgIpc) is 2.60. The van der Waals surface area contributed by atoms with Crippen LogP contribution < -0.4 is 14.8 Å². The van der Waals surface area contributed by atoms with Gasteiger partial charge in [0.2, 0.25) is 0 Å². The van der Waals surface area contributed by atoms with E-state index < -0.39 is 0 Å². The zero-order valence-electron chi connectivity index (χ0n) is 10.7. The summed E-state index contributed by atoms with van der Waals surface area (Å²) in [4.78, 5) is 0. The first-order valence-corrected chi connectivity index (χ1v) is 6.31. The molecular formula is C14H21NO2. The third-order valence-electron chi connectivity index (χ3n) is 3.14. The fraction of sp³-hybridized carbons (Fsp3) is 0.571. The molecule has 3 heteroatoms. The first kappa shape index (κ1) is 12.2. The van der Waals surface area contributed by atoms with Gasteiger partial charge in [-0.2, -0.15) is 0 Å². The van der Waals surface area contributed by atoms with Crippen molar-refractivity contribution in [1.29, 1.82) is 0 Å². The van der Waals surface area contributed by atoms with Crippen LogP contribution in [0.2, 0.25) is 0 Å². The molecule has 1 aliphatic rings. The fourth-order valence-electron chi connectivity index (χ4n) is 2.16. The molecule has 1 N–H and O–H groups in total. The van der Waals surface area contributed by atoms with Gasteiger partial charge in [0.05, 0.1) is 7.11 Å². The van der Waals surface area contributed by atoms with Gasteiger partial charge in [-0.05, 0) is 57.0 Å². The van der Waals surface area contributed by atoms with Gasteiger partial charge >= 0.3 is 0 Å². The maximum atomic E-state index is 6.05. The van der Waals surface area contributed by atoms with E-state index in [1.54, 1.807) is 7.11 Å². The molecule has 1 aromatic carbocycles. The lowest BCUT2D eigenvalue weighted by Gasteiger charge is -2.18. The van der Waals surface area contributed by atoms with Gasteiger partial charge in [0.1, 0.15) is 6.10 Å². The van der Waals surface area contributed by atoms with Crippen LogP contribution in [-0.2, 0) is 0 Å². The molecule has 0 aliphatic carbocycles. The largest absolute Gasteiger partial charge is 0.493 e. The number of rotatable bonds is 3. The molecular weight excluding hydrogens is 214 g/mol. The van der Waals surface area contributed by atoms with Gasteiger partial charge in [0.15, 0.2) is 11.5 Å². The predicted molar refractivity (Wildman–Crippen MR) is 68.9 cm³/mol. The second-order valence-electron chi connectivity index (χ2n) is 4.58. The number of aryl methyl sites for hydroxylation is 1. The maximum Gasteiger partial charge on any atom is 0.161 e. The molecule has 1 fully saturated rings. The molecule has 0 aromatic heterocycles. The Morgan fingerprint density at radius 1 is 1.18 bits per heavy atom. The maximum absolute atomic E-state index is 6.05. The van der Waals surface area contributed by atoms with Crippen molar-refractivity contribution < 1.29 is 9.47 Å². The van der Waals surface area contributed by atoms with Crippen molar-refractivity contribution in [2.24, 2.45) is 0 Å². The lowest BCUT2D eigenvalue weighted by Crippen LogP contribution is -2.19. The Kier molecular flexibility index (Phi) is 4.26. The van der Waals surface area contributed by atoms with Crippen molar-refractivity contribution in [2.45, 2.75) is 32.3 Å². The lowest BCUT2D eigenvalue weighted by molar-refractivity contribution is 0.180. The third-order valence-corrected chi connectivity index (χ3v) is 3.14. The molecule has 0 bridgehead atoms. The monoisotopic (exact) mass is 235 g/mol. The van der Waals surface area contributed by atoms with Gasteiger partial charge in [-0.25, -0.2) is 0 Å². The standard InChI is InChI=1S/C14H21NO2/c1-11-5-6-13(14(10-11)16-2)17-12-4-3-8-15-9-7-12/h5-6,10,12,15H,3-4,7-9H2,1-2H3. The van der Waals surface area contributed by atoms with Crippen molar-refractivity contribution >= 4 is 0 Å². The van der Waals surface area contributed by atoms with Crippen molar-refractivity contribution in [1.82, 2.24) is 5.32 Å². The molecule has 0 amide bonds. The Balaban J connectivity index is 2.06. The van der Waals surface area contributed by atoms with E-state index in [0.717, 1.165) is 37.4 Å². The van der Waals surface area contributed by atoms with Gasteiger partial charge in [0, 0.05) is 0 Å². The van der Waals surface area contributed by atoms with Crippen LogP contribution in [-0.4, -0.2) is 26.3 Å². The van der Waals surface area contributed by atoms with Gasteiger partial charge in [-0.15, -0.1) is 0 Å². The highest BCUT2D eigenvalue weighted by atomic mass is 16.5. The Hall–Kier alpha value is -1.22. The van der Waals surface area contributed by atoms with Crippen molar-refractivity contribution in [3.05, 3.63) is 23.8 Å². The minimum Gasteiger partial charge on any atom is -0.493 e. The SMILES string of the molecule is COc1cc(C)ccc1OC1CCCNCC1. The van der Waals surface area contributed by atoms with Crippen LogP contribution in [0.3, 0.4) is 0 Å². The summed E-state index contributed by atoms with van der Waals surface area (Å²) in [6.45, 7) is 4.20. The molecule has 1 atom stereocenters. The molecule has 3 nitrogen and oxygen atoms in total. The number of hydrogen-bond donors (Lipinski definition) is 1. The van der Waals surface area contributed by atoms with E-state index in [2.05, 4.69) is 18.3 Å². The molecule has 0 radical (unpaired) electrons. The highest BCUT2D eigenvalue weighted by molar-refractivity contribution is 5.42. The summed E-state index contributed by atoms with van der Waals surface area (Å²) >= 11 is 0. The quantitative estimate of drug-likeness (QED) is 0.873. The van der Waals surface area contributed by atoms with E-state index in [1.165, 1.54) is 12.0 Å². The molecule has 94 valence electrons. The Bertz CT molecular complexity index is 357. The van der Waals surface area contributed by atoms with Crippen LogP contribution in [0.5, 0.6) is 11.5 Å². The zero-order chi connectivity index (χ0) is 12.1. The summed E-state index contributed by atoms with van der Waals surface area (Å²) in [5, 5.41) is 3.39. The first-order chi connectivity index (χ1) is 8.29. The van der Waals surface area contributed by atoms with Gasteiger partial charge < -0.3 is 14.8 Å². The summed E-state index contributed by atoms with van der Waals surface area (Å²) in [5.41, 5.74) is 1.19. The summed E-state index contributed by atoms with van der Waals surface area (Å²) in [5.74, 6) is 1.70. The number of methoxy groups -OCH3 is 1. The minimum atomic E-state index is 0.307. The van der Waals surface area contributed by atoms with E-state index in [9.17, 15) is 0 Å². The first-order valence-electron chi connectivity index (χ1n) is 6.31. The Morgan fingerprint density at radius 2 is 2.06 bits per heavy atom. The highest BCUT2D eigenvalue weighted by Gasteiger charge is 2.15. The normalized spacial score (nSPS) is 20.7. The second-order valence-corrected chi connectivity index (χ2v) is 4.58. The van der Waals surface area contributed by atoms with Crippen LogP contribution in [0.15, 0.2) is 18.2 Å². The van der Waals surface area contributed by atoms with E-state index in [-0.39, 0.29) is 0 Å². The smallest absolute Gasteiger partial charge is 0.161 e. The molecule has 1 saturated heterocycles. The van der Waals surface area contributed by atoms with Crippen LogP contribution >= 0.6 is 0 Å². The van der Waals surface area contributed by atoms with Crippen molar-refractivity contribution in [3.63, 3.8) is 0 Å². The summed E-state index contributed by atoms with van der Waals surface area (Å²) < 4.78 is 11.4. The molecule has 0 saturated carbocycles. The number of nitrogens with one attached hydrogen (secondary N) is 1. The summed E-state index contributed by atoms with van der Waals surface area (Å²) in [6, 6.07) is 6.09. The van der Waals surface area contributed by atoms with E-state index in [0.29, 0.717) is 6.10 Å². The van der Waals surface area contributed by atoms with E-state index in [4.69, 9.17) is 9.47 Å². The molecule has 1 unspecified atom stereocenters. The molecule has 17 heavy (non-hydrogen) atoms. The summed E-state index contributed by atoms with van der Waals surface area (Å²) in [6.07, 6.45) is 3.67. The Morgan fingerprint density at radius 3 is 2.88 bits per heavy atom.